The van der Waals surface area contributed by atoms with Gasteiger partial charge in [-0.15, -0.1) is 0 Å². The highest BCUT2D eigenvalue weighted by molar-refractivity contribution is 5.69. The summed E-state index contributed by atoms with van der Waals surface area (Å²) in [6.45, 7) is 6.30. The number of nitrogens with zero attached hydrogens (tertiary/aromatic N) is 2. The van der Waals surface area contributed by atoms with Gasteiger partial charge in [-0.2, -0.15) is 0 Å². The largest absolute Gasteiger partial charge is 0.444 e. The molecule has 1 amide bonds. The van der Waals surface area contributed by atoms with Crippen LogP contribution in [0.5, 0.6) is 0 Å². The van der Waals surface area contributed by atoms with E-state index in [0.29, 0.717) is 12.5 Å². The number of nitrogens with one attached hydrogen (secondary N) is 1. The molecule has 0 aromatic carbocycles. The molecule has 3 N–H and O–H groups in total. The third-order valence-corrected chi connectivity index (χ3v) is 2.85. The van der Waals surface area contributed by atoms with Crippen LogP contribution in [0.1, 0.15) is 45.3 Å². The number of hydrogen-bond acceptors (Lipinski definition) is 4. The summed E-state index contributed by atoms with van der Waals surface area (Å²) < 4.78 is 5.40. The van der Waals surface area contributed by atoms with Gasteiger partial charge in [-0.1, -0.05) is 0 Å². The molecule has 0 saturated carbocycles. The summed E-state index contributed by atoms with van der Waals surface area (Å²) >= 11 is 0. The first-order chi connectivity index (χ1) is 8.37. The number of ether oxygens (including phenoxy) is 1. The quantitative estimate of drug-likeness (QED) is 0.801. The zero-order valence-electron chi connectivity index (χ0n) is 11.1. The van der Waals surface area contributed by atoms with E-state index in [9.17, 15) is 4.79 Å². The summed E-state index contributed by atoms with van der Waals surface area (Å²) in [4.78, 5) is 20.8. The number of hydrogen-bond donors (Lipinski definition) is 2. The van der Waals surface area contributed by atoms with Gasteiger partial charge in [0, 0.05) is 6.54 Å². The zero-order chi connectivity index (χ0) is 13.3. The Kier molecular flexibility index (Phi) is 3.19. The maximum atomic E-state index is 12.1. The van der Waals surface area contributed by atoms with E-state index in [2.05, 4.69) is 9.97 Å². The van der Waals surface area contributed by atoms with Crippen LogP contribution in [0.15, 0.2) is 6.20 Å². The number of anilines is 1. The van der Waals surface area contributed by atoms with Gasteiger partial charge in [0.1, 0.15) is 5.60 Å². The molecule has 2 rings (SSSR count). The molecule has 1 fully saturated rings. The number of amides is 1. The Labute approximate surface area is 107 Å². The van der Waals surface area contributed by atoms with Crippen LogP contribution in [0.3, 0.4) is 0 Å². The van der Waals surface area contributed by atoms with Crippen LogP contribution >= 0.6 is 0 Å². The van der Waals surface area contributed by atoms with Gasteiger partial charge in [0.05, 0.1) is 17.9 Å². The molecule has 1 aliphatic rings. The van der Waals surface area contributed by atoms with E-state index in [1.165, 1.54) is 0 Å². The first kappa shape index (κ1) is 12.7. The van der Waals surface area contributed by atoms with Gasteiger partial charge in [-0.05, 0) is 33.6 Å². The topological polar surface area (TPSA) is 84.2 Å². The van der Waals surface area contributed by atoms with Crippen molar-refractivity contribution in [2.24, 2.45) is 0 Å². The summed E-state index contributed by atoms with van der Waals surface area (Å²) in [7, 11) is 0. The molecule has 6 heteroatoms. The van der Waals surface area contributed by atoms with Crippen LogP contribution in [0.4, 0.5) is 10.7 Å². The third kappa shape index (κ3) is 2.75. The SMILES string of the molecule is CC(C)(C)OC(=O)N1CCCC1c1cnc(N)[nH]1. The number of nitrogens with two attached hydrogens (primary N) is 1. The number of nitrogen functional groups attached to an aromatic ring is 1. The van der Waals surface area contributed by atoms with Crippen molar-refractivity contribution in [3.05, 3.63) is 11.9 Å². The van der Waals surface area contributed by atoms with Crippen molar-refractivity contribution in [2.45, 2.75) is 45.3 Å². The summed E-state index contributed by atoms with van der Waals surface area (Å²) in [5.74, 6) is 0.376. The summed E-state index contributed by atoms with van der Waals surface area (Å²) in [6, 6.07) is -0.00958. The van der Waals surface area contributed by atoms with Crippen molar-refractivity contribution in [1.82, 2.24) is 14.9 Å². The van der Waals surface area contributed by atoms with E-state index in [4.69, 9.17) is 10.5 Å². The lowest BCUT2D eigenvalue weighted by Gasteiger charge is -2.28. The first-order valence-electron chi connectivity index (χ1n) is 6.17. The van der Waals surface area contributed by atoms with Gasteiger partial charge in [0.2, 0.25) is 0 Å². The van der Waals surface area contributed by atoms with Crippen LogP contribution in [-0.2, 0) is 4.74 Å². The molecular weight excluding hydrogens is 232 g/mol. The molecule has 1 unspecified atom stereocenters. The normalized spacial score (nSPS) is 20.2. The lowest BCUT2D eigenvalue weighted by atomic mass is 10.1. The van der Waals surface area contributed by atoms with Gasteiger partial charge in [0.15, 0.2) is 5.95 Å². The number of rotatable bonds is 1. The first-order valence-corrected chi connectivity index (χ1v) is 6.17. The molecule has 1 saturated heterocycles. The van der Waals surface area contributed by atoms with E-state index < -0.39 is 5.60 Å². The Bertz CT molecular complexity index is 436. The van der Waals surface area contributed by atoms with E-state index in [1.54, 1.807) is 11.1 Å². The standard InChI is InChI=1S/C12H20N4O2/c1-12(2,3)18-11(17)16-6-4-5-9(16)8-7-14-10(13)15-8/h7,9H,4-6H2,1-3H3,(H3,13,14,15). The van der Waals surface area contributed by atoms with Crippen molar-refractivity contribution < 1.29 is 9.53 Å². The van der Waals surface area contributed by atoms with Crippen LogP contribution in [0.25, 0.3) is 0 Å². The van der Waals surface area contributed by atoms with E-state index in [-0.39, 0.29) is 12.1 Å². The molecule has 18 heavy (non-hydrogen) atoms. The Balaban J connectivity index is 2.10. The number of carbonyl (C=O) groups is 1. The molecule has 0 bridgehead atoms. The summed E-state index contributed by atoms with van der Waals surface area (Å²) in [6.07, 6.45) is 3.27. The number of likely N-dealkylation sites (tertiary alicyclic amines) is 1. The van der Waals surface area contributed by atoms with Crippen molar-refractivity contribution in [3.63, 3.8) is 0 Å². The van der Waals surface area contributed by atoms with Gasteiger partial charge in [-0.3, -0.25) is 4.90 Å². The van der Waals surface area contributed by atoms with Crippen LogP contribution in [0.2, 0.25) is 0 Å². The Hall–Kier alpha value is -1.72. The minimum atomic E-state index is -0.475. The number of aromatic amines is 1. The highest BCUT2D eigenvalue weighted by Crippen LogP contribution is 2.32. The Morgan fingerprint density at radius 3 is 2.89 bits per heavy atom. The van der Waals surface area contributed by atoms with Crippen molar-refractivity contribution in [1.29, 1.82) is 0 Å². The van der Waals surface area contributed by atoms with Crippen LogP contribution in [0, 0.1) is 0 Å². The number of aromatic nitrogens is 2. The molecule has 2 heterocycles. The van der Waals surface area contributed by atoms with E-state index in [0.717, 1.165) is 18.5 Å². The second kappa shape index (κ2) is 4.51. The smallest absolute Gasteiger partial charge is 0.410 e. The van der Waals surface area contributed by atoms with Crippen molar-refractivity contribution in [3.8, 4) is 0 Å². The third-order valence-electron chi connectivity index (χ3n) is 2.85. The summed E-state index contributed by atoms with van der Waals surface area (Å²) in [5.41, 5.74) is 5.96. The number of carbonyl (C=O) groups excluding carboxylic acids is 1. The predicted molar refractivity (Wildman–Crippen MR) is 67.9 cm³/mol. The monoisotopic (exact) mass is 252 g/mol. The fraction of sp³-hybridized carbons (Fsp3) is 0.667. The van der Waals surface area contributed by atoms with Gasteiger partial charge >= 0.3 is 6.09 Å². The minimum Gasteiger partial charge on any atom is -0.444 e. The fourth-order valence-electron chi connectivity index (χ4n) is 2.15. The average Bonchev–Trinajstić information content (AvgIpc) is 2.81. The molecule has 1 atom stereocenters. The molecular formula is C12H20N4O2. The van der Waals surface area contributed by atoms with Gasteiger partial charge in [0.25, 0.3) is 0 Å². The van der Waals surface area contributed by atoms with Gasteiger partial charge < -0.3 is 15.5 Å². The molecule has 0 aliphatic carbocycles. The average molecular weight is 252 g/mol. The Morgan fingerprint density at radius 1 is 1.61 bits per heavy atom. The molecule has 0 radical (unpaired) electrons. The van der Waals surface area contributed by atoms with Gasteiger partial charge in [-0.25, -0.2) is 9.78 Å². The predicted octanol–water partition coefficient (Wildman–Crippen LogP) is 2.06. The zero-order valence-corrected chi connectivity index (χ0v) is 11.1. The van der Waals surface area contributed by atoms with E-state index in [1.807, 2.05) is 20.8 Å². The maximum absolute atomic E-state index is 12.1. The highest BCUT2D eigenvalue weighted by atomic mass is 16.6. The molecule has 100 valence electrons. The second-order valence-electron chi connectivity index (χ2n) is 5.56. The maximum Gasteiger partial charge on any atom is 0.410 e. The molecule has 6 nitrogen and oxygen atoms in total. The lowest BCUT2D eigenvalue weighted by molar-refractivity contribution is 0.0222. The number of imidazole rings is 1. The van der Waals surface area contributed by atoms with Crippen LogP contribution < -0.4 is 5.73 Å². The summed E-state index contributed by atoms with van der Waals surface area (Å²) in [5, 5.41) is 0. The molecule has 1 aromatic rings. The molecule has 1 aliphatic heterocycles. The second-order valence-corrected chi connectivity index (χ2v) is 5.56. The fourth-order valence-corrected chi connectivity index (χ4v) is 2.15. The molecule has 1 aromatic heterocycles. The van der Waals surface area contributed by atoms with Crippen molar-refractivity contribution in [2.75, 3.05) is 12.3 Å². The molecule has 0 spiro atoms. The van der Waals surface area contributed by atoms with Crippen LogP contribution in [-0.4, -0.2) is 33.1 Å². The number of H-pyrrole nitrogens is 1. The minimum absolute atomic E-state index is 0.00958. The van der Waals surface area contributed by atoms with E-state index >= 15 is 0 Å². The van der Waals surface area contributed by atoms with Crippen molar-refractivity contribution >= 4 is 12.0 Å². The highest BCUT2D eigenvalue weighted by Gasteiger charge is 2.33. The lowest BCUT2D eigenvalue weighted by Crippen LogP contribution is -2.36. The Morgan fingerprint density at radius 2 is 2.33 bits per heavy atom.